The molecule has 1 N–H and O–H groups in total. The van der Waals surface area contributed by atoms with Crippen molar-refractivity contribution in [2.75, 3.05) is 6.54 Å². The van der Waals surface area contributed by atoms with E-state index in [4.69, 9.17) is 0 Å². The molecule has 2 aromatic rings. The van der Waals surface area contributed by atoms with Crippen LogP contribution < -0.4 is 0 Å². The smallest absolute Gasteiger partial charge is 0.254 e. The quantitative estimate of drug-likeness (QED) is 0.904. The van der Waals surface area contributed by atoms with Gasteiger partial charge in [-0.1, -0.05) is 42.5 Å². The highest BCUT2D eigenvalue weighted by Crippen LogP contribution is 2.34. The van der Waals surface area contributed by atoms with E-state index in [1.165, 1.54) is 5.56 Å². The summed E-state index contributed by atoms with van der Waals surface area (Å²) in [6, 6.07) is 18.2. The third kappa shape index (κ3) is 3.85. The summed E-state index contributed by atoms with van der Waals surface area (Å²) in [6.07, 6.45) is 2.47. The number of aryl methyl sites for hydroxylation is 1. The van der Waals surface area contributed by atoms with Crippen LogP contribution in [0.1, 0.15) is 54.2 Å². The Morgan fingerprint density at radius 1 is 1.17 bits per heavy atom. The topological polar surface area (TPSA) is 40.5 Å². The summed E-state index contributed by atoms with van der Waals surface area (Å²) in [5.41, 5.74) is 2.36. The predicted octanol–water partition coefficient (Wildman–Crippen LogP) is 3.98. The number of amides is 1. The van der Waals surface area contributed by atoms with Crippen molar-refractivity contribution < 1.29 is 9.90 Å². The van der Waals surface area contributed by atoms with Gasteiger partial charge >= 0.3 is 0 Å². The van der Waals surface area contributed by atoms with Crippen molar-refractivity contribution in [1.82, 2.24) is 4.90 Å². The Bertz CT molecular complexity index is 703. The third-order valence-electron chi connectivity index (χ3n) is 4.66. The highest BCUT2D eigenvalue weighted by molar-refractivity contribution is 5.95. The largest absolute Gasteiger partial charge is 0.390 e. The maximum Gasteiger partial charge on any atom is 0.254 e. The summed E-state index contributed by atoms with van der Waals surface area (Å²) in [7, 11) is 0. The molecule has 1 amide bonds. The first-order chi connectivity index (χ1) is 11.4. The fourth-order valence-electron chi connectivity index (χ4n) is 3.13. The number of aliphatic hydroxyl groups is 1. The van der Waals surface area contributed by atoms with Crippen molar-refractivity contribution in [1.29, 1.82) is 0 Å². The first kappa shape index (κ1) is 16.7. The molecule has 3 nitrogen and oxygen atoms in total. The summed E-state index contributed by atoms with van der Waals surface area (Å²) in [5, 5.41) is 9.88. The standard InChI is InChI=1S/C21H25NO2/c1-21(2,24)13-11-16-7-6-10-18(15-16)20(23)22-14-12-19(22)17-8-4-3-5-9-17/h3-10,15,19,24H,11-14H2,1-2H3/t19-/m1/s1. The number of carbonyl (C=O) groups excluding carboxylic acids is 1. The lowest BCUT2D eigenvalue weighted by Crippen LogP contribution is -2.45. The number of nitrogens with zero attached hydrogens (tertiary/aromatic N) is 1. The Labute approximate surface area is 143 Å². The van der Waals surface area contributed by atoms with E-state index >= 15 is 0 Å². The van der Waals surface area contributed by atoms with E-state index in [-0.39, 0.29) is 11.9 Å². The highest BCUT2D eigenvalue weighted by Gasteiger charge is 2.33. The Morgan fingerprint density at radius 2 is 1.92 bits per heavy atom. The summed E-state index contributed by atoms with van der Waals surface area (Å²) in [5.74, 6) is 0.0974. The predicted molar refractivity (Wildman–Crippen MR) is 95.9 cm³/mol. The van der Waals surface area contributed by atoms with E-state index in [2.05, 4.69) is 12.1 Å². The molecule has 0 radical (unpaired) electrons. The van der Waals surface area contributed by atoms with Gasteiger partial charge in [-0.25, -0.2) is 0 Å². The average molecular weight is 323 g/mol. The minimum Gasteiger partial charge on any atom is -0.390 e. The van der Waals surface area contributed by atoms with Crippen molar-refractivity contribution in [3.8, 4) is 0 Å². The third-order valence-corrected chi connectivity index (χ3v) is 4.66. The molecule has 2 aromatic carbocycles. The van der Waals surface area contributed by atoms with Crippen LogP contribution in [-0.4, -0.2) is 28.1 Å². The van der Waals surface area contributed by atoms with Gasteiger partial charge in [0.05, 0.1) is 11.6 Å². The molecule has 0 aliphatic carbocycles. The molecule has 24 heavy (non-hydrogen) atoms. The van der Waals surface area contributed by atoms with Crippen molar-refractivity contribution in [2.24, 2.45) is 0 Å². The van der Waals surface area contributed by atoms with Gasteiger partial charge < -0.3 is 10.0 Å². The van der Waals surface area contributed by atoms with Crippen molar-refractivity contribution in [2.45, 2.75) is 44.8 Å². The first-order valence-electron chi connectivity index (χ1n) is 8.61. The van der Waals surface area contributed by atoms with Gasteiger partial charge in [0.15, 0.2) is 0 Å². The van der Waals surface area contributed by atoms with Gasteiger partial charge in [-0.2, -0.15) is 0 Å². The molecule has 0 saturated carbocycles. The molecule has 3 heteroatoms. The van der Waals surface area contributed by atoms with Gasteiger partial charge in [0, 0.05) is 12.1 Å². The van der Waals surface area contributed by atoms with Crippen LogP contribution in [0.5, 0.6) is 0 Å². The van der Waals surface area contributed by atoms with E-state index < -0.39 is 5.60 Å². The lowest BCUT2D eigenvalue weighted by Gasteiger charge is -2.41. The zero-order valence-electron chi connectivity index (χ0n) is 14.4. The molecule has 1 aliphatic rings. The molecule has 0 spiro atoms. The summed E-state index contributed by atoms with van der Waals surface area (Å²) in [6.45, 7) is 4.44. The first-order valence-corrected chi connectivity index (χ1v) is 8.61. The van der Waals surface area contributed by atoms with E-state index in [9.17, 15) is 9.90 Å². The van der Waals surface area contributed by atoms with Gasteiger partial charge in [0.25, 0.3) is 5.91 Å². The van der Waals surface area contributed by atoms with Crippen LogP contribution in [0.4, 0.5) is 0 Å². The van der Waals surface area contributed by atoms with Gasteiger partial charge in [0.1, 0.15) is 0 Å². The average Bonchev–Trinajstić information content (AvgIpc) is 2.52. The van der Waals surface area contributed by atoms with Crippen LogP contribution in [0.3, 0.4) is 0 Å². The fraction of sp³-hybridized carbons (Fsp3) is 0.381. The Morgan fingerprint density at radius 3 is 2.54 bits per heavy atom. The second kappa shape index (κ2) is 6.78. The van der Waals surface area contributed by atoms with Crippen LogP contribution in [0, 0.1) is 0 Å². The van der Waals surface area contributed by atoms with Crippen LogP contribution >= 0.6 is 0 Å². The molecule has 0 bridgehead atoms. The van der Waals surface area contributed by atoms with E-state index in [0.29, 0.717) is 6.42 Å². The zero-order chi connectivity index (χ0) is 17.2. The molecular weight excluding hydrogens is 298 g/mol. The number of carbonyl (C=O) groups is 1. The van der Waals surface area contributed by atoms with Crippen LogP contribution in [0.2, 0.25) is 0 Å². The van der Waals surface area contributed by atoms with Crippen molar-refractivity contribution in [3.05, 3.63) is 71.3 Å². The maximum atomic E-state index is 12.8. The minimum atomic E-state index is -0.685. The summed E-state index contributed by atoms with van der Waals surface area (Å²) >= 11 is 0. The molecular formula is C21H25NO2. The van der Waals surface area contributed by atoms with Crippen LogP contribution in [0.15, 0.2) is 54.6 Å². The Hall–Kier alpha value is -2.13. The Balaban J connectivity index is 1.71. The number of hydrogen-bond donors (Lipinski definition) is 1. The SMILES string of the molecule is CC(C)(O)CCc1cccc(C(=O)N2CC[C@@H]2c2ccccc2)c1. The van der Waals surface area contributed by atoms with Gasteiger partial charge in [0.2, 0.25) is 0 Å². The lowest BCUT2D eigenvalue weighted by atomic mass is 9.93. The molecule has 1 fully saturated rings. The fourth-order valence-corrected chi connectivity index (χ4v) is 3.13. The molecule has 0 aromatic heterocycles. The molecule has 1 atom stereocenters. The zero-order valence-corrected chi connectivity index (χ0v) is 14.4. The normalized spacial score (nSPS) is 17.5. The maximum absolute atomic E-state index is 12.8. The van der Waals surface area contributed by atoms with E-state index in [1.54, 1.807) is 0 Å². The Kier molecular flexibility index (Phi) is 4.72. The number of likely N-dealkylation sites (tertiary alicyclic amines) is 1. The second-order valence-corrected chi connectivity index (χ2v) is 7.23. The highest BCUT2D eigenvalue weighted by atomic mass is 16.3. The van der Waals surface area contributed by atoms with Gasteiger partial charge in [-0.15, -0.1) is 0 Å². The van der Waals surface area contributed by atoms with Crippen molar-refractivity contribution in [3.63, 3.8) is 0 Å². The number of hydrogen-bond acceptors (Lipinski definition) is 2. The lowest BCUT2D eigenvalue weighted by molar-refractivity contribution is 0.0460. The number of rotatable bonds is 5. The van der Waals surface area contributed by atoms with Gasteiger partial charge in [-0.3, -0.25) is 4.79 Å². The number of benzene rings is 2. The van der Waals surface area contributed by atoms with Crippen LogP contribution in [-0.2, 0) is 6.42 Å². The van der Waals surface area contributed by atoms with Gasteiger partial charge in [-0.05, 0) is 56.4 Å². The monoisotopic (exact) mass is 323 g/mol. The van der Waals surface area contributed by atoms with Crippen LogP contribution in [0.25, 0.3) is 0 Å². The molecule has 0 unspecified atom stereocenters. The molecule has 126 valence electrons. The van der Waals surface area contributed by atoms with E-state index in [1.807, 2.05) is 61.2 Å². The van der Waals surface area contributed by atoms with Crippen molar-refractivity contribution >= 4 is 5.91 Å². The summed E-state index contributed by atoms with van der Waals surface area (Å²) < 4.78 is 0. The molecule has 1 saturated heterocycles. The second-order valence-electron chi connectivity index (χ2n) is 7.23. The molecule has 3 rings (SSSR count). The molecule has 1 aliphatic heterocycles. The minimum absolute atomic E-state index is 0.0974. The summed E-state index contributed by atoms with van der Waals surface area (Å²) in [4.78, 5) is 14.8. The van der Waals surface area contributed by atoms with E-state index in [0.717, 1.165) is 30.5 Å². The molecule has 1 heterocycles.